The minimum absolute atomic E-state index is 0.124. The third-order valence-electron chi connectivity index (χ3n) is 12.2. The molecule has 0 fully saturated rings. The quantitative estimate of drug-likeness (QED) is 0.0349. The van der Waals surface area contributed by atoms with Gasteiger partial charge in [-0.3, -0.25) is 4.79 Å². The topological polar surface area (TPSA) is 131 Å². The summed E-state index contributed by atoms with van der Waals surface area (Å²) in [5.74, 6) is -0.435. The van der Waals surface area contributed by atoms with Crippen LogP contribution in [-0.2, 0) is 30.5 Å². The van der Waals surface area contributed by atoms with Gasteiger partial charge in [-0.25, -0.2) is 14.4 Å². The molecule has 6 aromatic rings. The summed E-state index contributed by atoms with van der Waals surface area (Å²) in [6.45, 7) is 9.94. The highest BCUT2D eigenvalue weighted by Crippen LogP contribution is 2.47. The average Bonchev–Trinajstić information content (AvgIpc) is 3.95. The highest BCUT2D eigenvalue weighted by Gasteiger charge is 2.39. The van der Waals surface area contributed by atoms with Gasteiger partial charge in [0.05, 0.1) is 37.7 Å². The number of amides is 2. The standard InChI is InChI=1S/C55H63N6O5P/c1-41(2)61(42(3)4)67(66-36-22-33-56)65-35-21-6-5-20-34-57-53(62)52(59-54(63)64-39-51-49-31-18-16-29-47(49)48-30-17-19-32-50(48)51)37-46-38-60(40-58-46)55(43-23-10-7-11-24-43,44-25-12-8-13-26-44)45-27-14-9-15-28-45/h7-19,23-32,38,40-42,51-52H,5-6,20-22,34-37,39H2,1-4H3,(H,57,62)(H,59,63)/t52-,67?/m0/s1. The molecule has 11 nitrogen and oxygen atoms in total. The number of nitrogens with zero attached hydrogens (tertiary/aromatic N) is 4. The number of ether oxygens (including phenoxy) is 1. The molecule has 1 heterocycles. The van der Waals surface area contributed by atoms with Crippen LogP contribution in [0.1, 0.15) is 99.2 Å². The number of hydrogen-bond acceptors (Lipinski definition) is 8. The van der Waals surface area contributed by atoms with Crippen molar-refractivity contribution in [2.45, 2.75) is 95.8 Å². The molecule has 12 heteroatoms. The molecule has 1 aliphatic carbocycles. The molecular formula is C55H63N6O5P. The van der Waals surface area contributed by atoms with Crippen LogP contribution in [0.2, 0.25) is 0 Å². The van der Waals surface area contributed by atoms with Gasteiger partial charge in [0, 0.05) is 37.2 Å². The molecule has 1 unspecified atom stereocenters. The molecule has 0 saturated carbocycles. The van der Waals surface area contributed by atoms with Crippen LogP contribution < -0.4 is 10.6 Å². The second-order valence-electron chi connectivity index (χ2n) is 17.4. The number of unbranched alkanes of at least 4 members (excludes halogenated alkanes) is 3. The van der Waals surface area contributed by atoms with Crippen molar-refractivity contribution >= 4 is 20.5 Å². The Hall–Kier alpha value is -6.15. The molecule has 0 saturated heterocycles. The van der Waals surface area contributed by atoms with Crippen LogP contribution in [0.15, 0.2) is 152 Å². The van der Waals surface area contributed by atoms with Crippen LogP contribution in [0.5, 0.6) is 0 Å². The predicted octanol–water partition coefficient (Wildman–Crippen LogP) is 11.1. The lowest BCUT2D eigenvalue weighted by molar-refractivity contribution is -0.123. The molecule has 7 rings (SSSR count). The summed E-state index contributed by atoms with van der Waals surface area (Å²) in [5.41, 5.74) is 7.49. The van der Waals surface area contributed by atoms with Gasteiger partial charge in [-0.15, -0.1) is 0 Å². The first-order valence-electron chi connectivity index (χ1n) is 23.5. The van der Waals surface area contributed by atoms with Gasteiger partial charge in [0.2, 0.25) is 5.91 Å². The molecule has 1 aromatic heterocycles. The largest absolute Gasteiger partial charge is 0.449 e. The fourth-order valence-electron chi connectivity index (χ4n) is 9.21. The number of carbonyl (C=O) groups excluding carboxylic acids is 2. The third kappa shape index (κ3) is 11.9. The Labute approximate surface area is 397 Å². The van der Waals surface area contributed by atoms with E-state index in [-0.39, 0.29) is 36.9 Å². The van der Waals surface area contributed by atoms with E-state index < -0.39 is 26.2 Å². The zero-order chi connectivity index (χ0) is 47.0. The number of imidazole rings is 1. The van der Waals surface area contributed by atoms with Crippen LogP contribution in [0.3, 0.4) is 0 Å². The molecule has 2 atom stereocenters. The van der Waals surface area contributed by atoms with Crippen LogP contribution in [-0.4, -0.2) is 70.7 Å². The van der Waals surface area contributed by atoms with Crippen molar-refractivity contribution < 1.29 is 23.4 Å². The third-order valence-corrected chi connectivity index (χ3v) is 14.3. The summed E-state index contributed by atoms with van der Waals surface area (Å²) in [6.07, 6.45) is 6.97. The number of carbonyl (C=O) groups is 2. The van der Waals surface area contributed by atoms with Crippen molar-refractivity contribution in [1.29, 1.82) is 5.26 Å². The number of aromatic nitrogens is 2. The fourth-order valence-corrected chi connectivity index (χ4v) is 10.8. The van der Waals surface area contributed by atoms with Gasteiger partial charge in [-0.2, -0.15) is 5.26 Å². The van der Waals surface area contributed by atoms with Crippen molar-refractivity contribution in [3.8, 4) is 17.2 Å². The Balaban J connectivity index is 1.05. The van der Waals surface area contributed by atoms with E-state index in [1.807, 2.05) is 91.4 Å². The highest BCUT2D eigenvalue weighted by molar-refractivity contribution is 7.44. The van der Waals surface area contributed by atoms with E-state index in [0.29, 0.717) is 31.9 Å². The van der Waals surface area contributed by atoms with Crippen molar-refractivity contribution in [2.75, 3.05) is 26.4 Å². The lowest BCUT2D eigenvalue weighted by atomic mass is 9.77. The van der Waals surface area contributed by atoms with Gasteiger partial charge >= 0.3 is 6.09 Å². The van der Waals surface area contributed by atoms with Crippen LogP contribution in [0.25, 0.3) is 11.1 Å². The van der Waals surface area contributed by atoms with E-state index in [1.165, 1.54) is 0 Å². The Morgan fingerprint density at radius 3 is 1.81 bits per heavy atom. The molecule has 1 aliphatic rings. The van der Waals surface area contributed by atoms with Crippen molar-refractivity contribution in [1.82, 2.24) is 24.9 Å². The van der Waals surface area contributed by atoms with Crippen LogP contribution in [0.4, 0.5) is 4.79 Å². The number of hydrogen-bond donors (Lipinski definition) is 2. The Morgan fingerprint density at radius 2 is 1.25 bits per heavy atom. The minimum atomic E-state index is -1.28. The normalized spacial score (nSPS) is 13.2. The number of nitrogens with one attached hydrogen (secondary N) is 2. The maximum atomic E-state index is 14.2. The summed E-state index contributed by atoms with van der Waals surface area (Å²) in [7, 11) is -1.28. The van der Waals surface area contributed by atoms with Gasteiger partial charge in [-0.05, 0) is 79.5 Å². The maximum absolute atomic E-state index is 14.2. The zero-order valence-electron chi connectivity index (χ0n) is 39.1. The van der Waals surface area contributed by atoms with E-state index in [2.05, 4.69) is 114 Å². The molecule has 0 spiro atoms. The van der Waals surface area contributed by atoms with Gasteiger partial charge in [0.25, 0.3) is 8.53 Å². The Bertz CT molecular complexity index is 2380. The second-order valence-corrected chi connectivity index (χ2v) is 18.8. The first-order valence-corrected chi connectivity index (χ1v) is 24.7. The molecule has 2 amide bonds. The number of rotatable bonds is 24. The maximum Gasteiger partial charge on any atom is 0.407 e. The molecule has 0 aliphatic heterocycles. The fraction of sp³-hybridized carbons (Fsp3) is 0.345. The van der Waals surface area contributed by atoms with Crippen molar-refractivity contribution in [3.05, 3.63) is 186 Å². The lowest BCUT2D eigenvalue weighted by Gasteiger charge is -2.37. The van der Waals surface area contributed by atoms with E-state index in [4.69, 9.17) is 24.0 Å². The molecule has 2 N–H and O–H groups in total. The number of benzene rings is 5. The Morgan fingerprint density at radius 1 is 0.731 bits per heavy atom. The monoisotopic (exact) mass is 918 g/mol. The average molecular weight is 919 g/mol. The molecule has 0 bridgehead atoms. The van der Waals surface area contributed by atoms with Gasteiger partial charge < -0.3 is 29.0 Å². The van der Waals surface area contributed by atoms with Crippen LogP contribution in [0, 0.1) is 11.3 Å². The van der Waals surface area contributed by atoms with Gasteiger partial charge in [0.15, 0.2) is 0 Å². The molecular weight excluding hydrogens is 856 g/mol. The summed E-state index contributed by atoms with van der Waals surface area (Å²) in [5, 5.41) is 15.1. The zero-order valence-corrected chi connectivity index (χ0v) is 40.0. The lowest BCUT2D eigenvalue weighted by Crippen LogP contribution is -2.48. The van der Waals surface area contributed by atoms with Crippen LogP contribution >= 0.6 is 8.53 Å². The highest BCUT2D eigenvalue weighted by atomic mass is 31.2. The summed E-state index contributed by atoms with van der Waals surface area (Å²) in [4.78, 5) is 32.8. The van der Waals surface area contributed by atoms with Crippen molar-refractivity contribution in [3.63, 3.8) is 0 Å². The van der Waals surface area contributed by atoms with E-state index >= 15 is 0 Å². The van der Waals surface area contributed by atoms with E-state index in [9.17, 15) is 9.59 Å². The SMILES string of the molecule is CC(C)N(C(C)C)P(OCCC#N)OCCCCCCNC(=O)[C@H](Cc1cn(C(c2ccccc2)(c2ccccc2)c2ccccc2)cn1)NC(=O)OCC1c2ccccc2-c2ccccc21. The van der Waals surface area contributed by atoms with Gasteiger partial charge in [-0.1, -0.05) is 152 Å². The Kier molecular flexibility index (Phi) is 17.5. The van der Waals surface area contributed by atoms with Crippen molar-refractivity contribution in [2.24, 2.45) is 0 Å². The predicted molar refractivity (Wildman–Crippen MR) is 265 cm³/mol. The molecule has 5 aromatic carbocycles. The number of fused-ring (bicyclic) bond motifs is 3. The smallest absolute Gasteiger partial charge is 0.407 e. The summed E-state index contributed by atoms with van der Waals surface area (Å²) >= 11 is 0. The first kappa shape index (κ1) is 48.8. The van der Waals surface area contributed by atoms with E-state index in [0.717, 1.165) is 64.6 Å². The summed E-state index contributed by atoms with van der Waals surface area (Å²) < 4.78 is 22.6. The minimum Gasteiger partial charge on any atom is -0.449 e. The number of alkyl carbamates (subject to hydrolysis) is 1. The first-order chi connectivity index (χ1) is 32.7. The number of nitriles is 1. The van der Waals surface area contributed by atoms with Gasteiger partial charge in [0.1, 0.15) is 18.2 Å². The van der Waals surface area contributed by atoms with E-state index in [1.54, 1.807) is 0 Å². The summed E-state index contributed by atoms with van der Waals surface area (Å²) in [6, 6.07) is 49.1. The molecule has 67 heavy (non-hydrogen) atoms. The molecule has 348 valence electrons. The second kappa shape index (κ2) is 24.0. The molecule has 0 radical (unpaired) electrons.